The molecule has 1 amide bonds. The number of nitrogens with zero attached hydrogens (tertiary/aromatic N) is 1. The molecule has 4 nitrogen and oxygen atoms in total. The molecule has 0 aliphatic carbocycles. The monoisotopic (exact) mass is 496 g/mol. The van der Waals surface area contributed by atoms with Crippen molar-refractivity contribution in [2.75, 3.05) is 5.32 Å². The number of aromatic nitrogens is 1. The largest absolute Gasteiger partial charge is 0.436 e. The molecule has 0 bridgehead atoms. The number of anilines is 1. The molecule has 6 heteroatoms. The van der Waals surface area contributed by atoms with E-state index in [1.807, 2.05) is 66.7 Å². The maximum atomic E-state index is 12.8. The Morgan fingerprint density at radius 2 is 1.50 bits per heavy atom. The van der Waals surface area contributed by atoms with Crippen LogP contribution in [-0.4, -0.2) is 10.9 Å². The summed E-state index contributed by atoms with van der Waals surface area (Å²) in [7, 11) is 0. The van der Waals surface area contributed by atoms with Crippen LogP contribution in [0.3, 0.4) is 0 Å². The number of halogens is 2. The van der Waals surface area contributed by atoms with E-state index in [9.17, 15) is 4.79 Å². The molecule has 0 saturated heterocycles. The summed E-state index contributed by atoms with van der Waals surface area (Å²) in [5, 5.41) is 2.91. The number of amides is 1. The standard InChI is InChI=1S/C22H14Br2N2O2/c23-15-7-5-14(6-8-15)20-13-25-22(28-20)19-4-2-1-3-18(19)21(27)26-17-11-9-16(24)10-12-17/h1-13H,(H,26,27). The van der Waals surface area contributed by atoms with Gasteiger partial charge >= 0.3 is 0 Å². The summed E-state index contributed by atoms with van der Waals surface area (Å²) in [5.41, 5.74) is 2.76. The van der Waals surface area contributed by atoms with Gasteiger partial charge in [-0.3, -0.25) is 4.79 Å². The summed E-state index contributed by atoms with van der Waals surface area (Å²) in [4.78, 5) is 17.2. The first-order chi connectivity index (χ1) is 13.6. The molecule has 0 aliphatic rings. The van der Waals surface area contributed by atoms with Crippen molar-refractivity contribution in [3.63, 3.8) is 0 Å². The van der Waals surface area contributed by atoms with E-state index in [2.05, 4.69) is 42.2 Å². The van der Waals surface area contributed by atoms with E-state index in [1.165, 1.54) is 0 Å². The summed E-state index contributed by atoms with van der Waals surface area (Å²) in [6.45, 7) is 0. The molecule has 0 radical (unpaired) electrons. The molecule has 0 saturated carbocycles. The van der Waals surface area contributed by atoms with Gasteiger partial charge in [0, 0.05) is 25.8 Å². The summed E-state index contributed by atoms with van der Waals surface area (Å²) in [6.07, 6.45) is 1.67. The summed E-state index contributed by atoms with van der Waals surface area (Å²) in [5.74, 6) is 0.825. The van der Waals surface area contributed by atoms with E-state index in [0.717, 1.165) is 14.5 Å². The van der Waals surface area contributed by atoms with Crippen LogP contribution in [0.15, 0.2) is 92.4 Å². The molecule has 1 aromatic heterocycles. The predicted molar refractivity (Wildman–Crippen MR) is 117 cm³/mol. The van der Waals surface area contributed by atoms with Crippen molar-refractivity contribution in [1.82, 2.24) is 4.98 Å². The molecule has 0 aliphatic heterocycles. The summed E-state index contributed by atoms with van der Waals surface area (Å²) >= 11 is 6.81. The average molecular weight is 498 g/mol. The summed E-state index contributed by atoms with van der Waals surface area (Å²) in [6, 6.07) is 22.5. The number of hydrogen-bond acceptors (Lipinski definition) is 3. The number of carbonyl (C=O) groups excluding carboxylic acids is 1. The summed E-state index contributed by atoms with van der Waals surface area (Å²) < 4.78 is 7.88. The smallest absolute Gasteiger partial charge is 0.256 e. The second kappa shape index (κ2) is 8.12. The van der Waals surface area contributed by atoms with Crippen molar-refractivity contribution in [2.24, 2.45) is 0 Å². The minimum atomic E-state index is -0.221. The normalized spacial score (nSPS) is 10.6. The lowest BCUT2D eigenvalue weighted by Gasteiger charge is -2.08. The molecule has 1 N–H and O–H groups in total. The minimum absolute atomic E-state index is 0.221. The SMILES string of the molecule is O=C(Nc1ccc(Br)cc1)c1ccccc1-c1ncc(-c2ccc(Br)cc2)o1. The highest BCUT2D eigenvalue weighted by molar-refractivity contribution is 9.10. The van der Waals surface area contributed by atoms with Crippen molar-refractivity contribution in [3.05, 3.63) is 93.5 Å². The predicted octanol–water partition coefficient (Wildman–Crippen LogP) is 6.79. The Labute approximate surface area is 178 Å². The van der Waals surface area contributed by atoms with Crippen LogP contribution in [0.4, 0.5) is 5.69 Å². The van der Waals surface area contributed by atoms with Crippen molar-refractivity contribution in [2.45, 2.75) is 0 Å². The Balaban J connectivity index is 1.63. The third kappa shape index (κ3) is 4.08. The van der Waals surface area contributed by atoms with Crippen LogP contribution >= 0.6 is 31.9 Å². The fraction of sp³-hybridized carbons (Fsp3) is 0. The van der Waals surface area contributed by atoms with Crippen molar-refractivity contribution in [3.8, 4) is 22.8 Å². The lowest BCUT2D eigenvalue weighted by Crippen LogP contribution is -2.13. The molecule has 0 unspecified atom stereocenters. The first-order valence-corrected chi connectivity index (χ1v) is 10.1. The van der Waals surface area contributed by atoms with E-state index in [0.29, 0.717) is 28.5 Å². The number of rotatable bonds is 4. The van der Waals surface area contributed by atoms with Crippen LogP contribution in [0.25, 0.3) is 22.8 Å². The zero-order valence-electron chi connectivity index (χ0n) is 14.5. The van der Waals surface area contributed by atoms with Crippen molar-refractivity contribution >= 4 is 43.5 Å². The average Bonchev–Trinajstić information content (AvgIpc) is 3.20. The van der Waals surface area contributed by atoms with Gasteiger partial charge in [0.15, 0.2) is 5.76 Å². The Morgan fingerprint density at radius 1 is 0.857 bits per heavy atom. The fourth-order valence-electron chi connectivity index (χ4n) is 2.75. The lowest BCUT2D eigenvalue weighted by molar-refractivity contribution is 0.102. The van der Waals surface area contributed by atoms with Crippen LogP contribution in [0, 0.1) is 0 Å². The third-order valence-corrected chi connectivity index (χ3v) is 5.20. The van der Waals surface area contributed by atoms with Crippen LogP contribution < -0.4 is 5.32 Å². The lowest BCUT2D eigenvalue weighted by atomic mass is 10.1. The second-order valence-electron chi connectivity index (χ2n) is 6.04. The number of nitrogens with one attached hydrogen (secondary N) is 1. The van der Waals surface area contributed by atoms with Crippen LogP contribution in [-0.2, 0) is 0 Å². The van der Waals surface area contributed by atoms with Gasteiger partial charge in [0.1, 0.15) is 0 Å². The number of benzene rings is 3. The van der Waals surface area contributed by atoms with E-state index in [-0.39, 0.29) is 5.91 Å². The molecular weight excluding hydrogens is 484 g/mol. The van der Waals surface area contributed by atoms with Crippen LogP contribution in [0.2, 0.25) is 0 Å². The van der Waals surface area contributed by atoms with Gasteiger partial charge in [-0.25, -0.2) is 4.98 Å². The highest BCUT2D eigenvalue weighted by Crippen LogP contribution is 2.29. The molecule has 138 valence electrons. The topological polar surface area (TPSA) is 55.1 Å². The van der Waals surface area contributed by atoms with Crippen LogP contribution in [0.1, 0.15) is 10.4 Å². The quantitative estimate of drug-likeness (QED) is 0.338. The van der Waals surface area contributed by atoms with Gasteiger partial charge in [0.05, 0.1) is 11.8 Å². The molecule has 28 heavy (non-hydrogen) atoms. The Kier molecular flexibility index (Phi) is 5.41. The molecule has 4 rings (SSSR count). The van der Waals surface area contributed by atoms with Gasteiger partial charge < -0.3 is 9.73 Å². The zero-order valence-corrected chi connectivity index (χ0v) is 17.7. The minimum Gasteiger partial charge on any atom is -0.436 e. The van der Waals surface area contributed by atoms with E-state index in [1.54, 1.807) is 12.3 Å². The van der Waals surface area contributed by atoms with E-state index < -0.39 is 0 Å². The Morgan fingerprint density at radius 3 is 2.21 bits per heavy atom. The molecule has 0 fully saturated rings. The molecule has 3 aromatic carbocycles. The van der Waals surface area contributed by atoms with Gasteiger partial charge in [-0.2, -0.15) is 0 Å². The van der Waals surface area contributed by atoms with Gasteiger partial charge in [-0.1, -0.05) is 56.1 Å². The molecule has 0 atom stereocenters. The molecular formula is C22H14Br2N2O2. The van der Waals surface area contributed by atoms with Gasteiger partial charge in [0.2, 0.25) is 5.89 Å². The van der Waals surface area contributed by atoms with E-state index in [4.69, 9.17) is 4.42 Å². The maximum Gasteiger partial charge on any atom is 0.256 e. The van der Waals surface area contributed by atoms with Gasteiger partial charge in [-0.05, 0) is 48.5 Å². The Bertz CT molecular complexity index is 1120. The van der Waals surface area contributed by atoms with Crippen molar-refractivity contribution < 1.29 is 9.21 Å². The van der Waals surface area contributed by atoms with Gasteiger partial charge in [0.25, 0.3) is 5.91 Å². The highest BCUT2D eigenvalue weighted by atomic mass is 79.9. The van der Waals surface area contributed by atoms with Crippen molar-refractivity contribution in [1.29, 1.82) is 0 Å². The van der Waals surface area contributed by atoms with Crippen LogP contribution in [0.5, 0.6) is 0 Å². The second-order valence-corrected chi connectivity index (χ2v) is 7.87. The first kappa shape index (κ1) is 18.7. The molecule has 0 spiro atoms. The van der Waals surface area contributed by atoms with Gasteiger partial charge in [-0.15, -0.1) is 0 Å². The number of hydrogen-bond donors (Lipinski definition) is 1. The fourth-order valence-corrected chi connectivity index (χ4v) is 3.27. The highest BCUT2D eigenvalue weighted by Gasteiger charge is 2.17. The maximum absolute atomic E-state index is 12.8. The number of oxazole rings is 1. The third-order valence-electron chi connectivity index (χ3n) is 4.14. The first-order valence-electron chi connectivity index (χ1n) is 8.48. The molecule has 1 heterocycles. The molecule has 4 aromatic rings. The number of carbonyl (C=O) groups is 1. The van der Waals surface area contributed by atoms with E-state index >= 15 is 0 Å². The zero-order chi connectivity index (χ0) is 19.5. The Hall–Kier alpha value is -2.70.